The van der Waals surface area contributed by atoms with Gasteiger partial charge in [-0.1, -0.05) is 60.3 Å². The average molecular weight is 445 g/mol. The number of likely N-dealkylation sites (N-methyl/N-ethyl adjacent to an activating group) is 1. The number of rotatable bonds is 6. The fourth-order valence-electron chi connectivity index (χ4n) is 3.53. The van der Waals surface area contributed by atoms with Crippen LogP contribution in [-0.4, -0.2) is 32.5 Å². The Labute approximate surface area is 192 Å². The zero-order valence-electron chi connectivity index (χ0n) is 18.0. The molecule has 0 saturated heterocycles. The Morgan fingerprint density at radius 3 is 2.59 bits per heavy atom. The van der Waals surface area contributed by atoms with Crippen LogP contribution >= 0.6 is 11.8 Å². The SMILES string of the molecule is COc1ccccc1/C=C1/Sc2ccc(C(=O)NCCc3ccccc3)cc2N(C)C1=O. The summed E-state index contributed by atoms with van der Waals surface area (Å²) >= 11 is 1.40. The molecule has 0 bridgehead atoms. The van der Waals surface area contributed by atoms with Gasteiger partial charge >= 0.3 is 0 Å². The third kappa shape index (κ3) is 4.70. The number of ether oxygens (including phenoxy) is 1. The fourth-order valence-corrected chi connectivity index (χ4v) is 4.61. The number of para-hydroxylation sites is 1. The molecule has 3 aromatic carbocycles. The second kappa shape index (κ2) is 9.75. The van der Waals surface area contributed by atoms with Crippen molar-refractivity contribution in [2.75, 3.05) is 25.6 Å². The van der Waals surface area contributed by atoms with Crippen molar-refractivity contribution in [3.8, 4) is 5.75 Å². The van der Waals surface area contributed by atoms with Gasteiger partial charge in [0.05, 0.1) is 17.7 Å². The largest absolute Gasteiger partial charge is 0.496 e. The van der Waals surface area contributed by atoms with Crippen molar-refractivity contribution in [1.82, 2.24) is 5.32 Å². The lowest BCUT2D eigenvalue weighted by atomic mass is 10.1. The Morgan fingerprint density at radius 2 is 1.81 bits per heavy atom. The smallest absolute Gasteiger partial charge is 0.264 e. The molecule has 32 heavy (non-hydrogen) atoms. The zero-order chi connectivity index (χ0) is 22.5. The van der Waals surface area contributed by atoms with E-state index in [4.69, 9.17) is 4.74 Å². The number of anilines is 1. The van der Waals surface area contributed by atoms with E-state index in [1.165, 1.54) is 17.3 Å². The predicted molar refractivity (Wildman–Crippen MR) is 129 cm³/mol. The van der Waals surface area contributed by atoms with E-state index in [-0.39, 0.29) is 11.8 Å². The maximum Gasteiger partial charge on any atom is 0.264 e. The van der Waals surface area contributed by atoms with Gasteiger partial charge in [0.15, 0.2) is 0 Å². The number of hydrogen-bond donors (Lipinski definition) is 1. The topological polar surface area (TPSA) is 58.6 Å². The van der Waals surface area contributed by atoms with Crippen LogP contribution in [0.4, 0.5) is 5.69 Å². The number of fused-ring (bicyclic) bond motifs is 1. The van der Waals surface area contributed by atoms with E-state index < -0.39 is 0 Å². The van der Waals surface area contributed by atoms with Crippen LogP contribution in [0.2, 0.25) is 0 Å². The zero-order valence-corrected chi connectivity index (χ0v) is 18.8. The van der Waals surface area contributed by atoms with Crippen molar-refractivity contribution in [3.05, 3.63) is 94.4 Å². The molecule has 0 aliphatic carbocycles. The molecular weight excluding hydrogens is 420 g/mol. The number of nitrogens with zero attached hydrogens (tertiary/aromatic N) is 1. The summed E-state index contributed by atoms with van der Waals surface area (Å²) in [7, 11) is 3.34. The highest BCUT2D eigenvalue weighted by Gasteiger charge is 2.27. The van der Waals surface area contributed by atoms with Gasteiger partial charge in [0, 0.05) is 29.6 Å². The predicted octanol–water partition coefficient (Wildman–Crippen LogP) is 4.78. The number of benzene rings is 3. The summed E-state index contributed by atoms with van der Waals surface area (Å²) < 4.78 is 5.40. The van der Waals surface area contributed by atoms with E-state index in [2.05, 4.69) is 5.32 Å². The van der Waals surface area contributed by atoms with Gasteiger partial charge in [-0.25, -0.2) is 0 Å². The number of hydrogen-bond acceptors (Lipinski definition) is 4. The number of nitrogens with one attached hydrogen (secondary N) is 1. The molecular formula is C26H24N2O3S. The highest BCUT2D eigenvalue weighted by Crippen LogP contribution is 2.42. The summed E-state index contributed by atoms with van der Waals surface area (Å²) in [6, 6.07) is 23.1. The van der Waals surface area contributed by atoms with Crippen molar-refractivity contribution < 1.29 is 14.3 Å². The molecule has 3 aromatic rings. The maximum absolute atomic E-state index is 13.0. The average Bonchev–Trinajstić information content (AvgIpc) is 2.83. The van der Waals surface area contributed by atoms with Crippen molar-refractivity contribution in [2.24, 2.45) is 0 Å². The fraction of sp³-hybridized carbons (Fsp3) is 0.154. The third-order valence-electron chi connectivity index (χ3n) is 5.29. The van der Waals surface area contributed by atoms with E-state index in [1.54, 1.807) is 31.2 Å². The Kier molecular flexibility index (Phi) is 6.61. The van der Waals surface area contributed by atoms with Crippen LogP contribution < -0.4 is 15.0 Å². The molecule has 0 aromatic heterocycles. The van der Waals surface area contributed by atoms with Crippen molar-refractivity contribution in [3.63, 3.8) is 0 Å². The lowest BCUT2D eigenvalue weighted by Crippen LogP contribution is -2.31. The summed E-state index contributed by atoms with van der Waals surface area (Å²) in [4.78, 5) is 28.8. The molecule has 4 rings (SSSR count). The van der Waals surface area contributed by atoms with Gasteiger partial charge in [0.2, 0.25) is 0 Å². The molecule has 0 atom stereocenters. The Hall–Kier alpha value is -3.51. The minimum Gasteiger partial charge on any atom is -0.496 e. The molecule has 5 nitrogen and oxygen atoms in total. The molecule has 1 aliphatic rings. The van der Waals surface area contributed by atoms with Crippen molar-refractivity contribution in [1.29, 1.82) is 0 Å². The highest BCUT2D eigenvalue weighted by atomic mass is 32.2. The van der Waals surface area contributed by atoms with Gasteiger partial charge in [-0.2, -0.15) is 0 Å². The van der Waals surface area contributed by atoms with Crippen LogP contribution in [0.15, 0.2) is 82.6 Å². The van der Waals surface area contributed by atoms with E-state index >= 15 is 0 Å². The summed E-state index contributed by atoms with van der Waals surface area (Å²) in [6.45, 7) is 0.551. The molecule has 1 N–H and O–H groups in total. The summed E-state index contributed by atoms with van der Waals surface area (Å²) in [5, 5.41) is 2.96. The number of thioether (sulfide) groups is 1. The first kappa shape index (κ1) is 21.7. The highest BCUT2D eigenvalue weighted by molar-refractivity contribution is 8.04. The van der Waals surface area contributed by atoms with Gasteiger partial charge in [-0.15, -0.1) is 0 Å². The van der Waals surface area contributed by atoms with Crippen LogP contribution in [-0.2, 0) is 11.2 Å². The standard InChI is InChI=1S/C26H24N2O3S/c1-28-21-16-20(25(29)27-15-14-18-8-4-3-5-9-18)12-13-23(21)32-24(26(28)30)17-19-10-6-7-11-22(19)31-2/h3-13,16-17H,14-15H2,1-2H3,(H,27,29)/b24-17+. The molecule has 1 aliphatic heterocycles. The van der Waals surface area contributed by atoms with Gasteiger partial charge in [-0.05, 0) is 42.3 Å². The van der Waals surface area contributed by atoms with E-state index in [0.717, 1.165) is 22.6 Å². The molecule has 0 spiro atoms. The van der Waals surface area contributed by atoms with Gasteiger partial charge in [-0.3, -0.25) is 9.59 Å². The van der Waals surface area contributed by atoms with Crippen molar-refractivity contribution in [2.45, 2.75) is 11.3 Å². The molecule has 2 amide bonds. The van der Waals surface area contributed by atoms with E-state index in [9.17, 15) is 9.59 Å². The number of carbonyl (C=O) groups is 2. The number of amides is 2. The Balaban J connectivity index is 1.50. The molecule has 0 saturated carbocycles. The number of carbonyl (C=O) groups excluding carboxylic acids is 2. The van der Waals surface area contributed by atoms with E-state index in [1.807, 2.05) is 66.7 Å². The normalized spacial score (nSPS) is 14.2. The van der Waals surface area contributed by atoms with Crippen LogP contribution in [0.1, 0.15) is 21.5 Å². The second-order valence-electron chi connectivity index (χ2n) is 7.39. The van der Waals surface area contributed by atoms with Gasteiger partial charge < -0.3 is 15.0 Å². The maximum atomic E-state index is 13.0. The van der Waals surface area contributed by atoms with Gasteiger partial charge in [0.1, 0.15) is 5.75 Å². The van der Waals surface area contributed by atoms with Crippen molar-refractivity contribution >= 4 is 35.3 Å². The quantitative estimate of drug-likeness (QED) is 0.556. The van der Waals surface area contributed by atoms with Crippen LogP contribution in [0.25, 0.3) is 6.08 Å². The molecule has 0 radical (unpaired) electrons. The minimum atomic E-state index is -0.148. The molecule has 162 valence electrons. The lowest BCUT2D eigenvalue weighted by Gasteiger charge is -2.27. The molecule has 0 fully saturated rings. The Bertz CT molecular complexity index is 1170. The van der Waals surface area contributed by atoms with E-state index in [0.29, 0.717) is 22.8 Å². The molecule has 0 unspecified atom stereocenters. The summed E-state index contributed by atoms with van der Waals surface area (Å²) in [5.41, 5.74) is 3.29. The monoisotopic (exact) mass is 444 g/mol. The lowest BCUT2D eigenvalue weighted by molar-refractivity contribution is -0.114. The van der Waals surface area contributed by atoms with Gasteiger partial charge in [0.25, 0.3) is 11.8 Å². The first-order chi connectivity index (χ1) is 15.6. The first-order valence-corrected chi connectivity index (χ1v) is 11.2. The third-order valence-corrected chi connectivity index (χ3v) is 6.36. The van der Waals surface area contributed by atoms with Crippen LogP contribution in [0.5, 0.6) is 5.75 Å². The molecule has 1 heterocycles. The van der Waals surface area contributed by atoms with Crippen LogP contribution in [0, 0.1) is 0 Å². The number of methoxy groups -OCH3 is 1. The Morgan fingerprint density at radius 1 is 1.06 bits per heavy atom. The first-order valence-electron chi connectivity index (χ1n) is 10.3. The second-order valence-corrected chi connectivity index (χ2v) is 8.47. The summed E-state index contributed by atoms with van der Waals surface area (Å²) in [5.74, 6) is 0.448. The minimum absolute atomic E-state index is 0.116. The van der Waals surface area contributed by atoms with Crippen LogP contribution in [0.3, 0.4) is 0 Å². The summed E-state index contributed by atoms with van der Waals surface area (Å²) in [6.07, 6.45) is 2.61. The molecule has 6 heteroatoms.